The number of amides is 2. The van der Waals surface area contributed by atoms with Crippen LogP contribution < -0.4 is 0 Å². The van der Waals surface area contributed by atoms with Crippen LogP contribution in [-0.4, -0.2) is 91.0 Å². The summed E-state index contributed by atoms with van der Waals surface area (Å²) >= 11 is 0. The second-order valence-corrected chi connectivity index (χ2v) is 6.00. The molecule has 20 heavy (non-hydrogen) atoms. The van der Waals surface area contributed by atoms with Gasteiger partial charge in [0.2, 0.25) is 0 Å². The third-order valence-corrected chi connectivity index (χ3v) is 4.89. The van der Waals surface area contributed by atoms with E-state index >= 15 is 0 Å². The fraction of sp³-hybridized carbons (Fsp3) is 0.929. The van der Waals surface area contributed by atoms with Gasteiger partial charge < -0.3 is 24.5 Å². The molecular formula is C14H25N3O3. The number of nitrogens with zero attached hydrogens (tertiary/aromatic N) is 3. The summed E-state index contributed by atoms with van der Waals surface area (Å²) < 4.78 is 5.31. The molecule has 0 aromatic heterocycles. The molecule has 6 nitrogen and oxygen atoms in total. The number of rotatable bonds is 3. The van der Waals surface area contributed by atoms with Gasteiger partial charge in [-0.05, 0) is 31.8 Å². The maximum atomic E-state index is 12.7. The van der Waals surface area contributed by atoms with Gasteiger partial charge in [0.05, 0.1) is 19.8 Å². The van der Waals surface area contributed by atoms with Crippen molar-refractivity contribution in [3.05, 3.63) is 0 Å². The lowest BCUT2D eigenvalue weighted by atomic mass is 9.83. The Labute approximate surface area is 120 Å². The number of carbonyl (C=O) groups is 1. The van der Waals surface area contributed by atoms with Gasteiger partial charge in [-0.25, -0.2) is 4.79 Å². The van der Waals surface area contributed by atoms with Gasteiger partial charge in [0, 0.05) is 32.2 Å². The second kappa shape index (κ2) is 6.28. The van der Waals surface area contributed by atoms with Crippen LogP contribution in [0.2, 0.25) is 0 Å². The fourth-order valence-electron chi connectivity index (χ4n) is 3.73. The first-order valence-electron chi connectivity index (χ1n) is 7.76. The Balaban J connectivity index is 1.69. The van der Waals surface area contributed by atoms with Crippen LogP contribution in [0.4, 0.5) is 4.79 Å². The molecule has 6 heteroatoms. The number of hydrogen-bond acceptors (Lipinski definition) is 4. The number of ether oxygens (including phenoxy) is 1. The Morgan fingerprint density at radius 3 is 2.45 bits per heavy atom. The molecule has 1 atom stereocenters. The van der Waals surface area contributed by atoms with E-state index in [9.17, 15) is 9.90 Å². The molecule has 4 aliphatic heterocycles. The molecule has 4 fully saturated rings. The highest BCUT2D eigenvalue weighted by atomic mass is 16.5. The summed E-state index contributed by atoms with van der Waals surface area (Å²) in [6.45, 7) is 6.38. The van der Waals surface area contributed by atoms with E-state index < -0.39 is 0 Å². The standard InChI is InChI=1S/C14H25N3O3/c18-8-5-17(14(19)16-6-9-20-10-7-16)13-11-15-3-1-12(13)2-4-15/h12-13,18H,1-11H2. The van der Waals surface area contributed by atoms with Gasteiger partial charge in [0.15, 0.2) is 0 Å². The van der Waals surface area contributed by atoms with E-state index in [0.717, 1.165) is 6.54 Å². The summed E-state index contributed by atoms with van der Waals surface area (Å²) in [5.41, 5.74) is 0. The monoisotopic (exact) mass is 283 g/mol. The Kier molecular flexibility index (Phi) is 4.43. The topological polar surface area (TPSA) is 56.3 Å². The van der Waals surface area contributed by atoms with Crippen LogP contribution in [0.5, 0.6) is 0 Å². The van der Waals surface area contributed by atoms with Gasteiger partial charge in [0.25, 0.3) is 0 Å². The SMILES string of the molecule is O=C(N1CCOCC1)N(CCO)C1CN2CCC1CC2. The number of piperidine rings is 3. The number of fused-ring (bicyclic) bond motifs is 3. The van der Waals surface area contributed by atoms with Gasteiger partial charge in [-0.3, -0.25) is 0 Å². The van der Waals surface area contributed by atoms with Crippen molar-refractivity contribution in [2.45, 2.75) is 18.9 Å². The molecule has 0 radical (unpaired) electrons. The zero-order valence-electron chi connectivity index (χ0n) is 12.0. The van der Waals surface area contributed by atoms with Gasteiger partial charge in [-0.2, -0.15) is 0 Å². The summed E-state index contributed by atoms with van der Waals surface area (Å²) in [6.07, 6.45) is 2.37. The highest BCUT2D eigenvalue weighted by molar-refractivity contribution is 5.75. The Morgan fingerprint density at radius 2 is 1.90 bits per heavy atom. The van der Waals surface area contributed by atoms with Gasteiger partial charge in [-0.1, -0.05) is 0 Å². The van der Waals surface area contributed by atoms with Crippen molar-refractivity contribution in [1.29, 1.82) is 0 Å². The van der Waals surface area contributed by atoms with E-state index in [0.29, 0.717) is 38.8 Å². The lowest BCUT2D eigenvalue weighted by molar-refractivity contribution is -0.00370. The van der Waals surface area contributed by atoms with Crippen LogP contribution in [0.1, 0.15) is 12.8 Å². The molecule has 4 rings (SSSR count). The predicted molar refractivity (Wildman–Crippen MR) is 74.5 cm³/mol. The van der Waals surface area contributed by atoms with Crippen molar-refractivity contribution in [2.24, 2.45) is 5.92 Å². The molecule has 0 aliphatic carbocycles. The van der Waals surface area contributed by atoms with Gasteiger partial charge in [-0.15, -0.1) is 0 Å². The van der Waals surface area contributed by atoms with E-state index in [2.05, 4.69) is 4.90 Å². The predicted octanol–water partition coefficient (Wildman–Crippen LogP) is -0.173. The lowest BCUT2D eigenvalue weighted by Crippen LogP contribution is -2.61. The van der Waals surface area contributed by atoms with Crippen molar-refractivity contribution in [2.75, 3.05) is 59.1 Å². The molecule has 114 valence electrons. The van der Waals surface area contributed by atoms with E-state index in [-0.39, 0.29) is 18.7 Å². The minimum atomic E-state index is 0.0410. The summed E-state index contributed by atoms with van der Waals surface area (Å²) in [4.78, 5) is 19.0. The largest absolute Gasteiger partial charge is 0.395 e. The molecule has 0 aromatic rings. The number of carbonyl (C=O) groups excluding carboxylic acids is 1. The van der Waals surface area contributed by atoms with Crippen LogP contribution in [0.25, 0.3) is 0 Å². The van der Waals surface area contributed by atoms with Crippen LogP contribution in [-0.2, 0) is 4.74 Å². The van der Waals surface area contributed by atoms with Crippen molar-refractivity contribution >= 4 is 6.03 Å². The molecule has 0 saturated carbocycles. The molecule has 4 saturated heterocycles. The molecule has 2 amide bonds. The number of aliphatic hydroxyl groups is 1. The molecule has 4 aliphatic rings. The number of urea groups is 1. The first kappa shape index (κ1) is 14.1. The van der Waals surface area contributed by atoms with E-state index in [4.69, 9.17) is 4.74 Å². The normalized spacial score (nSPS) is 33.2. The molecule has 1 unspecified atom stereocenters. The number of aliphatic hydroxyl groups excluding tert-OH is 1. The first-order valence-corrected chi connectivity index (χ1v) is 7.76. The second-order valence-electron chi connectivity index (χ2n) is 6.00. The highest BCUT2D eigenvalue weighted by Crippen LogP contribution is 2.31. The quantitative estimate of drug-likeness (QED) is 0.781. The van der Waals surface area contributed by atoms with Crippen molar-refractivity contribution in [3.8, 4) is 0 Å². The summed E-state index contributed by atoms with van der Waals surface area (Å²) in [7, 11) is 0. The Bertz CT molecular complexity index is 339. The molecule has 0 aromatic carbocycles. The fourth-order valence-corrected chi connectivity index (χ4v) is 3.73. The third kappa shape index (κ3) is 2.77. The van der Waals surface area contributed by atoms with Crippen LogP contribution in [0.3, 0.4) is 0 Å². The molecule has 0 spiro atoms. The summed E-state index contributed by atoms with van der Waals surface area (Å²) in [5, 5.41) is 9.33. The highest BCUT2D eigenvalue weighted by Gasteiger charge is 2.40. The van der Waals surface area contributed by atoms with Crippen LogP contribution >= 0.6 is 0 Å². The van der Waals surface area contributed by atoms with E-state index in [1.54, 1.807) is 0 Å². The average Bonchev–Trinajstić information content (AvgIpc) is 2.54. The van der Waals surface area contributed by atoms with E-state index in [1.165, 1.54) is 25.9 Å². The van der Waals surface area contributed by atoms with Crippen molar-refractivity contribution < 1.29 is 14.6 Å². The zero-order chi connectivity index (χ0) is 13.9. The smallest absolute Gasteiger partial charge is 0.320 e. The minimum Gasteiger partial charge on any atom is -0.395 e. The number of morpholine rings is 1. The average molecular weight is 283 g/mol. The Morgan fingerprint density at radius 1 is 1.20 bits per heavy atom. The van der Waals surface area contributed by atoms with Crippen molar-refractivity contribution in [1.82, 2.24) is 14.7 Å². The summed E-state index contributed by atoms with van der Waals surface area (Å²) in [5.74, 6) is 0.608. The lowest BCUT2D eigenvalue weighted by Gasteiger charge is -2.49. The first-order chi connectivity index (χ1) is 9.79. The van der Waals surface area contributed by atoms with Gasteiger partial charge in [0.1, 0.15) is 0 Å². The van der Waals surface area contributed by atoms with Crippen LogP contribution in [0, 0.1) is 5.92 Å². The van der Waals surface area contributed by atoms with Crippen LogP contribution in [0.15, 0.2) is 0 Å². The maximum absolute atomic E-state index is 12.7. The summed E-state index contributed by atoms with van der Waals surface area (Å²) in [6, 6.07) is 0.362. The van der Waals surface area contributed by atoms with Crippen molar-refractivity contribution in [3.63, 3.8) is 0 Å². The number of hydrogen-bond donors (Lipinski definition) is 1. The molecule has 4 heterocycles. The zero-order valence-corrected chi connectivity index (χ0v) is 12.0. The van der Waals surface area contributed by atoms with E-state index in [1.807, 2.05) is 9.80 Å². The molecule has 2 bridgehead atoms. The maximum Gasteiger partial charge on any atom is 0.320 e. The Hall–Kier alpha value is -0.850. The minimum absolute atomic E-state index is 0.0410. The third-order valence-electron chi connectivity index (χ3n) is 4.89. The molecule has 1 N–H and O–H groups in total. The molecular weight excluding hydrogens is 258 g/mol. The van der Waals surface area contributed by atoms with Gasteiger partial charge >= 0.3 is 6.03 Å².